The zero-order valence-corrected chi connectivity index (χ0v) is 9.91. The third-order valence-corrected chi connectivity index (χ3v) is 2.79. The van der Waals surface area contributed by atoms with Gasteiger partial charge in [0.1, 0.15) is 0 Å². The molecule has 0 aliphatic heterocycles. The van der Waals surface area contributed by atoms with Gasteiger partial charge in [0.25, 0.3) is 0 Å². The summed E-state index contributed by atoms with van der Waals surface area (Å²) in [5, 5.41) is 0. The molecule has 1 nitrogen and oxygen atoms in total. The van der Waals surface area contributed by atoms with Crippen molar-refractivity contribution in [2.75, 3.05) is 0 Å². The predicted molar refractivity (Wildman–Crippen MR) is 65.9 cm³/mol. The average Bonchev–Trinajstić information content (AvgIpc) is 2.29. The molecule has 0 saturated heterocycles. The first-order chi connectivity index (χ1) is 7.43. The van der Waals surface area contributed by atoms with E-state index in [-0.39, 0.29) is 0 Å². The van der Waals surface area contributed by atoms with Crippen molar-refractivity contribution in [1.82, 2.24) is 4.98 Å². The van der Waals surface area contributed by atoms with Gasteiger partial charge < -0.3 is 0 Å². The maximum absolute atomic E-state index is 4.12. The smallest absolute Gasteiger partial charge is 0.0299 e. The average molecular weight is 205 g/mol. The van der Waals surface area contributed by atoms with E-state index in [1.807, 2.05) is 18.5 Å². The summed E-state index contributed by atoms with van der Waals surface area (Å²) in [5.74, 6) is 0. The van der Waals surface area contributed by atoms with Gasteiger partial charge in [0.15, 0.2) is 0 Å². The van der Waals surface area contributed by atoms with Crippen LogP contribution in [0.3, 0.4) is 0 Å². The first-order valence-electron chi connectivity index (χ1n) is 6.32. The number of unbranched alkanes of at least 4 members (excludes halogenated alkanes) is 6. The van der Waals surface area contributed by atoms with Gasteiger partial charge in [-0.3, -0.25) is 4.98 Å². The van der Waals surface area contributed by atoms with Gasteiger partial charge in [0.05, 0.1) is 0 Å². The fourth-order valence-electron chi connectivity index (χ4n) is 1.83. The van der Waals surface area contributed by atoms with Gasteiger partial charge in [-0.1, -0.05) is 51.5 Å². The van der Waals surface area contributed by atoms with E-state index in [0.717, 1.165) is 0 Å². The number of pyridine rings is 1. The maximum Gasteiger partial charge on any atom is 0.0299 e. The van der Waals surface area contributed by atoms with Gasteiger partial charge in [-0.15, -0.1) is 0 Å². The normalized spacial score (nSPS) is 10.5. The van der Waals surface area contributed by atoms with Crippen LogP contribution in [0.15, 0.2) is 24.5 Å². The van der Waals surface area contributed by atoms with E-state index < -0.39 is 0 Å². The Hall–Kier alpha value is -0.850. The highest BCUT2D eigenvalue weighted by molar-refractivity contribution is 5.08. The SMILES string of the molecule is CCCCCCCCCc1cccnc1. The van der Waals surface area contributed by atoms with Crippen molar-refractivity contribution < 1.29 is 0 Å². The summed E-state index contributed by atoms with van der Waals surface area (Å²) in [6.45, 7) is 2.27. The molecule has 0 spiro atoms. The Morgan fingerprint density at radius 3 is 2.40 bits per heavy atom. The summed E-state index contributed by atoms with van der Waals surface area (Å²) in [6, 6.07) is 4.20. The first kappa shape index (κ1) is 12.2. The minimum Gasteiger partial charge on any atom is -0.264 e. The molecule has 1 heterocycles. The Balaban J connectivity index is 1.93. The maximum atomic E-state index is 4.12. The Bertz CT molecular complexity index is 230. The van der Waals surface area contributed by atoms with Crippen LogP contribution in [0.5, 0.6) is 0 Å². The van der Waals surface area contributed by atoms with E-state index in [1.165, 1.54) is 56.9 Å². The second kappa shape index (κ2) is 8.46. The summed E-state index contributed by atoms with van der Waals surface area (Å²) in [6.07, 6.45) is 14.7. The third-order valence-electron chi connectivity index (χ3n) is 2.79. The number of nitrogens with zero attached hydrogens (tertiary/aromatic N) is 1. The van der Waals surface area contributed by atoms with Crippen LogP contribution in [0.25, 0.3) is 0 Å². The van der Waals surface area contributed by atoms with Crippen LogP contribution < -0.4 is 0 Å². The molecule has 0 atom stereocenters. The highest BCUT2D eigenvalue weighted by Crippen LogP contribution is 2.09. The van der Waals surface area contributed by atoms with Gasteiger partial charge >= 0.3 is 0 Å². The first-order valence-corrected chi connectivity index (χ1v) is 6.32. The van der Waals surface area contributed by atoms with E-state index in [9.17, 15) is 0 Å². The second-order valence-electron chi connectivity index (χ2n) is 4.23. The van der Waals surface area contributed by atoms with Crippen LogP contribution >= 0.6 is 0 Å². The second-order valence-corrected chi connectivity index (χ2v) is 4.23. The van der Waals surface area contributed by atoms with Crippen molar-refractivity contribution in [2.24, 2.45) is 0 Å². The number of aromatic nitrogens is 1. The van der Waals surface area contributed by atoms with Gasteiger partial charge in [0.2, 0.25) is 0 Å². The van der Waals surface area contributed by atoms with Gasteiger partial charge in [-0.2, -0.15) is 0 Å². The molecule has 1 aromatic rings. The standard InChI is InChI=1S/C14H23N/c1-2-3-4-5-6-7-8-10-14-11-9-12-15-13-14/h9,11-13H,2-8,10H2,1H3. The highest BCUT2D eigenvalue weighted by Gasteiger charge is 1.93. The summed E-state index contributed by atoms with van der Waals surface area (Å²) in [5.41, 5.74) is 1.38. The van der Waals surface area contributed by atoms with E-state index in [0.29, 0.717) is 0 Å². The molecular formula is C14H23N. The molecule has 0 aliphatic carbocycles. The minimum absolute atomic E-state index is 1.20. The number of rotatable bonds is 8. The lowest BCUT2D eigenvalue weighted by atomic mass is 10.1. The Labute approximate surface area is 93.9 Å². The van der Waals surface area contributed by atoms with Crippen LogP contribution in [0.4, 0.5) is 0 Å². The molecular weight excluding hydrogens is 182 g/mol. The predicted octanol–water partition coefficient (Wildman–Crippen LogP) is 4.37. The summed E-state index contributed by atoms with van der Waals surface area (Å²) in [7, 11) is 0. The molecule has 0 radical (unpaired) electrons. The van der Waals surface area contributed by atoms with E-state index in [4.69, 9.17) is 0 Å². The van der Waals surface area contributed by atoms with E-state index in [2.05, 4.69) is 18.0 Å². The van der Waals surface area contributed by atoms with Crippen LogP contribution in [-0.2, 0) is 6.42 Å². The van der Waals surface area contributed by atoms with Crippen molar-refractivity contribution in [2.45, 2.75) is 58.3 Å². The molecule has 0 fully saturated rings. The van der Waals surface area contributed by atoms with Crippen LogP contribution in [0.1, 0.15) is 57.4 Å². The molecule has 0 bridgehead atoms. The topological polar surface area (TPSA) is 12.9 Å². The summed E-state index contributed by atoms with van der Waals surface area (Å²) < 4.78 is 0. The quantitative estimate of drug-likeness (QED) is 0.574. The molecule has 1 aromatic heterocycles. The molecule has 1 heteroatoms. The molecule has 0 aliphatic rings. The molecule has 0 amide bonds. The van der Waals surface area contributed by atoms with Crippen molar-refractivity contribution >= 4 is 0 Å². The molecule has 15 heavy (non-hydrogen) atoms. The van der Waals surface area contributed by atoms with Crippen LogP contribution in [0.2, 0.25) is 0 Å². The van der Waals surface area contributed by atoms with E-state index >= 15 is 0 Å². The monoisotopic (exact) mass is 205 g/mol. The third kappa shape index (κ3) is 6.27. The van der Waals surface area contributed by atoms with Gasteiger partial charge in [0, 0.05) is 12.4 Å². The lowest BCUT2D eigenvalue weighted by Gasteiger charge is -2.01. The number of hydrogen-bond donors (Lipinski definition) is 0. The van der Waals surface area contributed by atoms with E-state index in [1.54, 1.807) is 0 Å². The van der Waals surface area contributed by atoms with Gasteiger partial charge in [-0.25, -0.2) is 0 Å². The fourth-order valence-corrected chi connectivity index (χ4v) is 1.83. The zero-order chi connectivity index (χ0) is 10.8. The highest BCUT2D eigenvalue weighted by atomic mass is 14.6. The lowest BCUT2D eigenvalue weighted by Crippen LogP contribution is -1.86. The largest absolute Gasteiger partial charge is 0.264 e. The summed E-state index contributed by atoms with van der Waals surface area (Å²) >= 11 is 0. The Morgan fingerprint density at radius 1 is 1.00 bits per heavy atom. The van der Waals surface area contributed by atoms with Crippen LogP contribution in [-0.4, -0.2) is 4.98 Å². The lowest BCUT2D eigenvalue weighted by molar-refractivity contribution is 0.589. The molecule has 0 aromatic carbocycles. The van der Waals surface area contributed by atoms with Gasteiger partial charge in [-0.05, 0) is 24.5 Å². The van der Waals surface area contributed by atoms with Crippen molar-refractivity contribution in [3.8, 4) is 0 Å². The molecule has 0 unspecified atom stereocenters. The minimum atomic E-state index is 1.20. The van der Waals surface area contributed by atoms with Crippen molar-refractivity contribution in [3.05, 3.63) is 30.1 Å². The molecule has 0 N–H and O–H groups in total. The molecule has 1 rings (SSSR count). The fraction of sp³-hybridized carbons (Fsp3) is 0.643. The van der Waals surface area contributed by atoms with Crippen molar-refractivity contribution in [1.29, 1.82) is 0 Å². The molecule has 84 valence electrons. The number of hydrogen-bond acceptors (Lipinski definition) is 1. The Morgan fingerprint density at radius 2 is 1.73 bits per heavy atom. The molecule has 0 saturated carbocycles. The Kier molecular flexibility index (Phi) is 6.89. The number of aryl methyl sites for hydroxylation is 1. The zero-order valence-electron chi connectivity index (χ0n) is 9.91. The van der Waals surface area contributed by atoms with Crippen LogP contribution in [0, 0.1) is 0 Å². The summed E-state index contributed by atoms with van der Waals surface area (Å²) in [4.78, 5) is 4.12. The van der Waals surface area contributed by atoms with Crippen molar-refractivity contribution in [3.63, 3.8) is 0 Å².